The summed E-state index contributed by atoms with van der Waals surface area (Å²) in [6, 6.07) is 11.0. The molecule has 0 fully saturated rings. The van der Waals surface area contributed by atoms with Crippen LogP contribution in [0.4, 0.5) is 0 Å². The maximum Gasteiger partial charge on any atom is 0.0644 e. The van der Waals surface area contributed by atoms with Gasteiger partial charge in [0.2, 0.25) is 0 Å². The predicted octanol–water partition coefficient (Wildman–Crippen LogP) is 3.60. The number of nitrogens with two attached hydrogens (primary N) is 1. The second kappa shape index (κ2) is 7.91. The van der Waals surface area contributed by atoms with Crippen LogP contribution >= 0.6 is 22.6 Å². The first-order valence-electron chi connectivity index (χ1n) is 7.44. The van der Waals surface area contributed by atoms with Gasteiger partial charge in [0.05, 0.1) is 17.8 Å². The molecular formula is C16H23IN4. The molecule has 0 spiro atoms. The number of rotatable bonds is 7. The normalized spacial score (nSPS) is 12.8. The number of hydrogen-bond donors (Lipinski definition) is 2. The minimum absolute atomic E-state index is 0.0863. The SMILES string of the molecule is CCC(CC)n1ccc(CC(NN)c2ccccc2I)n1. The summed E-state index contributed by atoms with van der Waals surface area (Å²) in [4.78, 5) is 0. The number of nitrogens with zero attached hydrogens (tertiary/aromatic N) is 2. The first-order valence-corrected chi connectivity index (χ1v) is 8.52. The molecule has 3 N–H and O–H groups in total. The quantitative estimate of drug-likeness (QED) is 0.426. The zero-order valence-corrected chi connectivity index (χ0v) is 14.7. The van der Waals surface area contributed by atoms with Gasteiger partial charge in [-0.25, -0.2) is 0 Å². The van der Waals surface area contributed by atoms with Crippen molar-refractivity contribution in [1.29, 1.82) is 0 Å². The molecule has 114 valence electrons. The number of hydrazine groups is 1. The van der Waals surface area contributed by atoms with Crippen molar-refractivity contribution >= 4 is 22.6 Å². The van der Waals surface area contributed by atoms with Gasteiger partial charge < -0.3 is 0 Å². The summed E-state index contributed by atoms with van der Waals surface area (Å²) in [5, 5.41) is 4.71. The highest BCUT2D eigenvalue weighted by Crippen LogP contribution is 2.23. The Kier molecular flexibility index (Phi) is 6.20. The van der Waals surface area contributed by atoms with E-state index < -0.39 is 0 Å². The highest BCUT2D eigenvalue weighted by molar-refractivity contribution is 14.1. The van der Waals surface area contributed by atoms with Crippen LogP contribution in [0.5, 0.6) is 0 Å². The average molecular weight is 398 g/mol. The third-order valence-electron chi connectivity index (χ3n) is 3.88. The Morgan fingerprint density at radius 3 is 2.57 bits per heavy atom. The van der Waals surface area contributed by atoms with Crippen LogP contribution in [0.25, 0.3) is 0 Å². The van der Waals surface area contributed by atoms with Crippen LogP contribution in [0, 0.1) is 3.57 Å². The standard InChI is InChI=1S/C16H23IN4/c1-3-13(4-2)21-10-9-12(20-21)11-16(19-18)14-7-5-6-8-15(14)17/h5-10,13,16,19H,3-4,11,18H2,1-2H3. The number of hydrogen-bond acceptors (Lipinski definition) is 3. The molecule has 4 nitrogen and oxygen atoms in total. The number of benzene rings is 1. The summed E-state index contributed by atoms with van der Waals surface area (Å²) >= 11 is 2.35. The van der Waals surface area contributed by atoms with Crippen LogP contribution in [0.2, 0.25) is 0 Å². The maximum atomic E-state index is 5.75. The molecule has 0 radical (unpaired) electrons. The van der Waals surface area contributed by atoms with Crippen molar-refractivity contribution in [3.8, 4) is 0 Å². The van der Waals surface area contributed by atoms with Crippen LogP contribution in [0.15, 0.2) is 36.5 Å². The molecule has 0 bridgehead atoms. The molecule has 0 saturated heterocycles. The van der Waals surface area contributed by atoms with Crippen LogP contribution in [-0.2, 0) is 6.42 Å². The Bertz CT molecular complexity index is 563. The van der Waals surface area contributed by atoms with Gasteiger partial charge in [0, 0.05) is 16.2 Å². The van der Waals surface area contributed by atoms with E-state index in [1.54, 1.807) is 0 Å². The number of halogens is 1. The summed E-state index contributed by atoms with van der Waals surface area (Å²) in [7, 11) is 0. The summed E-state index contributed by atoms with van der Waals surface area (Å²) in [5.41, 5.74) is 5.21. The van der Waals surface area contributed by atoms with Crippen molar-refractivity contribution in [2.75, 3.05) is 0 Å². The maximum absolute atomic E-state index is 5.75. The van der Waals surface area contributed by atoms with E-state index in [0.717, 1.165) is 25.0 Å². The predicted molar refractivity (Wildman–Crippen MR) is 94.8 cm³/mol. The molecule has 0 saturated carbocycles. The highest BCUT2D eigenvalue weighted by atomic mass is 127. The Morgan fingerprint density at radius 2 is 1.95 bits per heavy atom. The first kappa shape index (κ1) is 16.5. The lowest BCUT2D eigenvalue weighted by molar-refractivity contribution is 0.422. The van der Waals surface area contributed by atoms with E-state index in [1.165, 1.54) is 9.13 Å². The summed E-state index contributed by atoms with van der Waals surface area (Å²) in [6.45, 7) is 4.40. The minimum Gasteiger partial charge on any atom is -0.271 e. The lowest BCUT2D eigenvalue weighted by atomic mass is 10.0. The summed E-state index contributed by atoms with van der Waals surface area (Å²) in [5.74, 6) is 5.75. The van der Waals surface area contributed by atoms with E-state index in [9.17, 15) is 0 Å². The van der Waals surface area contributed by atoms with Crippen LogP contribution in [0.3, 0.4) is 0 Å². The van der Waals surface area contributed by atoms with Crippen molar-refractivity contribution in [3.63, 3.8) is 0 Å². The topological polar surface area (TPSA) is 55.9 Å². The van der Waals surface area contributed by atoms with Gasteiger partial charge in [-0.3, -0.25) is 16.0 Å². The zero-order valence-electron chi connectivity index (χ0n) is 12.6. The fourth-order valence-corrected chi connectivity index (χ4v) is 3.34. The van der Waals surface area contributed by atoms with Crippen molar-refractivity contribution in [1.82, 2.24) is 15.2 Å². The summed E-state index contributed by atoms with van der Waals surface area (Å²) < 4.78 is 3.30. The molecule has 1 atom stereocenters. The Morgan fingerprint density at radius 1 is 1.24 bits per heavy atom. The molecule has 1 aromatic heterocycles. The van der Waals surface area contributed by atoms with Crippen LogP contribution in [-0.4, -0.2) is 9.78 Å². The molecule has 2 aromatic rings. The van der Waals surface area contributed by atoms with Gasteiger partial charge in [-0.1, -0.05) is 32.0 Å². The minimum atomic E-state index is 0.0863. The fraction of sp³-hybridized carbons (Fsp3) is 0.438. The lowest BCUT2D eigenvalue weighted by Gasteiger charge is -2.17. The van der Waals surface area contributed by atoms with Gasteiger partial charge in [0.25, 0.3) is 0 Å². The first-order chi connectivity index (χ1) is 10.2. The Balaban J connectivity index is 2.14. The molecule has 0 amide bonds. The number of nitrogens with one attached hydrogen (secondary N) is 1. The zero-order chi connectivity index (χ0) is 15.2. The number of aromatic nitrogens is 2. The fourth-order valence-electron chi connectivity index (χ4n) is 2.58. The van der Waals surface area contributed by atoms with Gasteiger partial charge >= 0.3 is 0 Å². The van der Waals surface area contributed by atoms with E-state index in [4.69, 9.17) is 10.9 Å². The van der Waals surface area contributed by atoms with Crippen molar-refractivity contribution in [3.05, 3.63) is 51.4 Å². The third-order valence-corrected chi connectivity index (χ3v) is 4.86. The van der Waals surface area contributed by atoms with Gasteiger partial charge in [0.15, 0.2) is 0 Å². The lowest BCUT2D eigenvalue weighted by Crippen LogP contribution is -2.30. The summed E-state index contributed by atoms with van der Waals surface area (Å²) in [6.07, 6.45) is 5.08. The molecular weight excluding hydrogens is 375 g/mol. The second-order valence-corrected chi connectivity index (χ2v) is 6.36. The Labute approximate surface area is 140 Å². The van der Waals surface area contributed by atoms with Gasteiger partial charge in [-0.05, 0) is 53.1 Å². The van der Waals surface area contributed by atoms with E-state index in [-0.39, 0.29) is 6.04 Å². The molecule has 0 aliphatic rings. The molecule has 1 heterocycles. The second-order valence-electron chi connectivity index (χ2n) is 5.20. The van der Waals surface area contributed by atoms with Crippen molar-refractivity contribution in [2.45, 2.75) is 45.2 Å². The monoisotopic (exact) mass is 398 g/mol. The molecule has 5 heteroatoms. The van der Waals surface area contributed by atoms with Crippen molar-refractivity contribution < 1.29 is 0 Å². The van der Waals surface area contributed by atoms with Gasteiger partial charge in [-0.15, -0.1) is 0 Å². The molecule has 1 aromatic carbocycles. The van der Waals surface area contributed by atoms with E-state index in [1.807, 2.05) is 12.1 Å². The van der Waals surface area contributed by atoms with E-state index in [0.29, 0.717) is 6.04 Å². The van der Waals surface area contributed by atoms with E-state index in [2.05, 4.69) is 70.9 Å². The van der Waals surface area contributed by atoms with Crippen LogP contribution in [0.1, 0.15) is 50.0 Å². The average Bonchev–Trinajstić information content (AvgIpc) is 2.95. The Hall–Kier alpha value is -0.920. The van der Waals surface area contributed by atoms with Gasteiger partial charge in [-0.2, -0.15) is 5.10 Å². The molecule has 0 aliphatic carbocycles. The highest BCUT2D eigenvalue weighted by Gasteiger charge is 2.16. The molecule has 21 heavy (non-hydrogen) atoms. The van der Waals surface area contributed by atoms with Gasteiger partial charge in [0.1, 0.15) is 0 Å². The van der Waals surface area contributed by atoms with Crippen LogP contribution < -0.4 is 11.3 Å². The smallest absolute Gasteiger partial charge is 0.0644 e. The third kappa shape index (κ3) is 4.05. The molecule has 2 rings (SSSR count). The van der Waals surface area contributed by atoms with E-state index >= 15 is 0 Å². The van der Waals surface area contributed by atoms with Crippen molar-refractivity contribution in [2.24, 2.45) is 5.84 Å². The largest absolute Gasteiger partial charge is 0.271 e. The molecule has 1 unspecified atom stereocenters. The molecule has 0 aliphatic heterocycles.